The first-order valence-corrected chi connectivity index (χ1v) is 8.98. The Labute approximate surface area is 161 Å². The molecule has 7 nitrogen and oxygen atoms in total. The summed E-state index contributed by atoms with van der Waals surface area (Å²) < 4.78 is 1.71. The van der Waals surface area contributed by atoms with Crippen molar-refractivity contribution >= 4 is 28.6 Å². The fourth-order valence-electron chi connectivity index (χ4n) is 3.76. The van der Waals surface area contributed by atoms with E-state index in [9.17, 15) is 14.4 Å². The van der Waals surface area contributed by atoms with Gasteiger partial charge in [-0.3, -0.25) is 14.4 Å². The molecular weight excluding hydrogens is 356 g/mol. The summed E-state index contributed by atoms with van der Waals surface area (Å²) in [6, 6.07) is 14.5. The third-order valence-electron chi connectivity index (χ3n) is 5.20. The van der Waals surface area contributed by atoms with Crippen LogP contribution in [0, 0.1) is 0 Å². The van der Waals surface area contributed by atoms with Gasteiger partial charge in [-0.15, -0.1) is 0 Å². The number of rotatable bonds is 5. The number of likely N-dealkylation sites (N-methyl/N-ethyl adjacent to an activating group) is 1. The summed E-state index contributed by atoms with van der Waals surface area (Å²) in [5.74, 6) is -0.780. The minimum absolute atomic E-state index is 0.0441. The van der Waals surface area contributed by atoms with E-state index in [1.54, 1.807) is 34.8 Å². The predicted molar refractivity (Wildman–Crippen MR) is 105 cm³/mol. The van der Waals surface area contributed by atoms with E-state index in [4.69, 9.17) is 5.73 Å². The van der Waals surface area contributed by atoms with Crippen LogP contribution >= 0.6 is 0 Å². The van der Waals surface area contributed by atoms with Gasteiger partial charge in [-0.1, -0.05) is 36.4 Å². The Bertz CT molecular complexity index is 1100. The predicted octanol–water partition coefficient (Wildman–Crippen LogP) is 1.68. The molecule has 2 aromatic carbocycles. The number of hydrogen-bond donors (Lipinski definition) is 2. The van der Waals surface area contributed by atoms with Crippen LogP contribution in [0.4, 0.5) is 0 Å². The molecule has 1 unspecified atom stereocenters. The van der Waals surface area contributed by atoms with Crippen molar-refractivity contribution in [3.05, 3.63) is 71.4 Å². The van der Waals surface area contributed by atoms with Gasteiger partial charge in [0.1, 0.15) is 6.54 Å². The summed E-state index contributed by atoms with van der Waals surface area (Å²) >= 11 is 0. The lowest BCUT2D eigenvalue weighted by atomic mass is 10.0. The Hall–Kier alpha value is -3.61. The minimum Gasteiger partial charge on any atom is -0.366 e. The fraction of sp³-hybridized carbons (Fsp3) is 0.190. The quantitative estimate of drug-likeness (QED) is 0.709. The molecule has 3 amide bonds. The average molecular weight is 376 g/mol. The maximum atomic E-state index is 12.5. The fourth-order valence-corrected chi connectivity index (χ4v) is 3.76. The Kier molecular flexibility index (Phi) is 4.35. The normalized spacial score (nSPS) is 15.7. The van der Waals surface area contributed by atoms with Crippen molar-refractivity contribution in [1.82, 2.24) is 14.8 Å². The van der Waals surface area contributed by atoms with Crippen LogP contribution < -0.4 is 11.1 Å². The zero-order chi connectivity index (χ0) is 19.8. The van der Waals surface area contributed by atoms with E-state index < -0.39 is 5.91 Å². The van der Waals surface area contributed by atoms with Gasteiger partial charge in [-0.2, -0.15) is 0 Å². The number of nitrogens with zero attached hydrogens (tertiary/aromatic N) is 2. The van der Waals surface area contributed by atoms with Crippen molar-refractivity contribution in [2.45, 2.75) is 12.6 Å². The molecule has 0 aliphatic carbocycles. The Morgan fingerprint density at radius 1 is 1.11 bits per heavy atom. The highest BCUT2D eigenvalue weighted by atomic mass is 16.2. The number of hydrogen-bond acceptors (Lipinski definition) is 3. The van der Waals surface area contributed by atoms with E-state index in [-0.39, 0.29) is 24.4 Å². The second-order valence-electron chi connectivity index (χ2n) is 6.88. The molecule has 0 saturated carbocycles. The van der Waals surface area contributed by atoms with Gasteiger partial charge in [0, 0.05) is 36.3 Å². The molecule has 0 fully saturated rings. The number of carbonyl (C=O) groups excluding carboxylic acids is 3. The van der Waals surface area contributed by atoms with Crippen molar-refractivity contribution in [3.63, 3.8) is 0 Å². The van der Waals surface area contributed by atoms with Gasteiger partial charge in [0.05, 0.1) is 11.6 Å². The average Bonchev–Trinajstić information content (AvgIpc) is 3.17. The van der Waals surface area contributed by atoms with E-state index in [1.165, 1.54) is 0 Å². The lowest BCUT2D eigenvalue weighted by molar-refractivity contribution is -0.121. The summed E-state index contributed by atoms with van der Waals surface area (Å²) in [6.07, 6.45) is 1.60. The van der Waals surface area contributed by atoms with Gasteiger partial charge in [-0.25, -0.2) is 0 Å². The van der Waals surface area contributed by atoms with Gasteiger partial charge in [0.2, 0.25) is 5.91 Å². The highest BCUT2D eigenvalue weighted by Gasteiger charge is 2.33. The van der Waals surface area contributed by atoms with Gasteiger partial charge in [0.25, 0.3) is 11.8 Å². The Morgan fingerprint density at radius 3 is 2.61 bits per heavy atom. The van der Waals surface area contributed by atoms with Crippen LogP contribution in [0.3, 0.4) is 0 Å². The molecule has 28 heavy (non-hydrogen) atoms. The number of aromatic nitrogens is 1. The molecule has 1 aliphatic rings. The summed E-state index contributed by atoms with van der Waals surface area (Å²) in [7, 11) is 1.73. The summed E-state index contributed by atoms with van der Waals surface area (Å²) in [4.78, 5) is 38.2. The number of para-hydroxylation sites is 1. The molecule has 1 atom stereocenters. The van der Waals surface area contributed by atoms with Crippen LogP contribution in [0.15, 0.2) is 54.7 Å². The lowest BCUT2D eigenvalue weighted by Gasteiger charge is -2.21. The molecule has 0 spiro atoms. The molecule has 1 aromatic heterocycles. The van der Waals surface area contributed by atoms with Crippen LogP contribution in [0.25, 0.3) is 10.9 Å². The Morgan fingerprint density at radius 2 is 1.82 bits per heavy atom. The first-order chi connectivity index (χ1) is 13.5. The van der Waals surface area contributed by atoms with E-state index in [0.717, 1.165) is 16.5 Å². The molecule has 2 heterocycles. The van der Waals surface area contributed by atoms with Crippen molar-refractivity contribution in [3.8, 4) is 0 Å². The standard InChI is InChI=1S/C21H20N4O3/c1-24-18(13-6-2-3-8-15(13)21(24)28)10-23-19(26)12-25-11-16(20(22)27)14-7-4-5-9-17(14)25/h2-9,11,18H,10,12H2,1H3,(H2,22,27)(H,23,26). The molecule has 0 bridgehead atoms. The SMILES string of the molecule is CN1C(=O)c2ccccc2C1CNC(=O)Cn1cc(C(N)=O)c2ccccc21. The second kappa shape index (κ2) is 6.84. The molecule has 1 aliphatic heterocycles. The molecule has 3 N–H and O–H groups in total. The number of fused-ring (bicyclic) bond motifs is 2. The van der Waals surface area contributed by atoms with Crippen LogP contribution in [0.2, 0.25) is 0 Å². The van der Waals surface area contributed by atoms with Crippen molar-refractivity contribution in [2.24, 2.45) is 5.73 Å². The number of nitrogens with two attached hydrogens (primary N) is 1. The minimum atomic E-state index is -0.530. The molecule has 3 aromatic rings. The molecule has 4 rings (SSSR count). The van der Waals surface area contributed by atoms with Crippen molar-refractivity contribution in [1.29, 1.82) is 0 Å². The molecular formula is C21H20N4O3. The summed E-state index contributed by atoms with van der Waals surface area (Å²) in [5, 5.41) is 3.62. The third kappa shape index (κ3) is 2.90. The maximum Gasteiger partial charge on any atom is 0.254 e. The number of nitrogens with one attached hydrogen (secondary N) is 1. The second-order valence-corrected chi connectivity index (χ2v) is 6.88. The summed E-state index contributed by atoms with van der Waals surface area (Å²) in [5.41, 5.74) is 8.19. The smallest absolute Gasteiger partial charge is 0.254 e. The van der Waals surface area contributed by atoms with Gasteiger partial charge >= 0.3 is 0 Å². The van der Waals surface area contributed by atoms with Crippen LogP contribution in [0.5, 0.6) is 0 Å². The molecule has 0 radical (unpaired) electrons. The van der Waals surface area contributed by atoms with Crippen LogP contribution in [-0.4, -0.2) is 40.8 Å². The molecule has 7 heteroatoms. The number of benzene rings is 2. The molecule has 142 valence electrons. The van der Waals surface area contributed by atoms with E-state index in [2.05, 4.69) is 5.32 Å². The van der Waals surface area contributed by atoms with E-state index >= 15 is 0 Å². The largest absolute Gasteiger partial charge is 0.366 e. The number of primary amides is 1. The Balaban J connectivity index is 1.50. The molecule has 0 saturated heterocycles. The monoisotopic (exact) mass is 376 g/mol. The first-order valence-electron chi connectivity index (χ1n) is 8.98. The van der Waals surface area contributed by atoms with Gasteiger partial charge in [0.15, 0.2) is 0 Å². The van der Waals surface area contributed by atoms with E-state index in [1.807, 2.05) is 36.4 Å². The van der Waals surface area contributed by atoms with E-state index in [0.29, 0.717) is 17.7 Å². The zero-order valence-corrected chi connectivity index (χ0v) is 15.4. The number of amides is 3. The lowest BCUT2D eigenvalue weighted by Crippen LogP contribution is -2.36. The topological polar surface area (TPSA) is 97.4 Å². The first kappa shape index (κ1) is 17.8. The highest BCUT2D eigenvalue weighted by molar-refractivity contribution is 6.06. The van der Waals surface area contributed by atoms with Gasteiger partial charge in [-0.05, 0) is 17.7 Å². The summed E-state index contributed by atoms with van der Waals surface area (Å²) in [6.45, 7) is 0.375. The van der Waals surface area contributed by atoms with Crippen LogP contribution in [0.1, 0.15) is 32.3 Å². The third-order valence-corrected chi connectivity index (χ3v) is 5.20. The maximum absolute atomic E-state index is 12.5. The van der Waals surface area contributed by atoms with Crippen molar-refractivity contribution < 1.29 is 14.4 Å². The van der Waals surface area contributed by atoms with Crippen LogP contribution in [-0.2, 0) is 11.3 Å². The van der Waals surface area contributed by atoms with Crippen molar-refractivity contribution in [2.75, 3.05) is 13.6 Å². The van der Waals surface area contributed by atoms with Gasteiger partial charge < -0.3 is 20.5 Å². The zero-order valence-electron chi connectivity index (χ0n) is 15.4. The number of carbonyl (C=O) groups is 3. The highest BCUT2D eigenvalue weighted by Crippen LogP contribution is 2.31.